The maximum absolute atomic E-state index is 12.7. The summed E-state index contributed by atoms with van der Waals surface area (Å²) >= 11 is 0. The first-order chi connectivity index (χ1) is 12.3. The van der Waals surface area contributed by atoms with Gasteiger partial charge < -0.3 is 4.42 Å². The predicted octanol–water partition coefficient (Wildman–Crippen LogP) is 2.21. The minimum absolute atomic E-state index is 0.0958. The van der Waals surface area contributed by atoms with E-state index in [1.165, 1.54) is 27.8 Å². The van der Waals surface area contributed by atoms with Crippen LogP contribution in [-0.4, -0.2) is 19.5 Å². The molecule has 0 amide bonds. The van der Waals surface area contributed by atoms with Crippen LogP contribution in [0.2, 0.25) is 0 Å². The van der Waals surface area contributed by atoms with Crippen LogP contribution in [0.5, 0.6) is 0 Å². The molecule has 2 aromatic carbocycles. The third-order valence-electron chi connectivity index (χ3n) is 5.12. The summed E-state index contributed by atoms with van der Waals surface area (Å²) in [4.78, 5) is 11.7. The molecule has 1 heterocycles. The molecule has 0 unspecified atom stereocenters. The summed E-state index contributed by atoms with van der Waals surface area (Å²) in [6.45, 7) is 2.44. The zero-order valence-electron chi connectivity index (χ0n) is 14.7. The first-order valence-corrected chi connectivity index (χ1v) is 9.92. The topological polar surface area (TPSA) is 81.3 Å². The van der Waals surface area contributed by atoms with Crippen LogP contribution in [0.3, 0.4) is 0 Å². The average molecular weight is 372 g/mol. The maximum Gasteiger partial charge on any atom is 0.419 e. The van der Waals surface area contributed by atoms with Crippen LogP contribution in [0.25, 0.3) is 11.1 Å². The highest BCUT2D eigenvalue weighted by Crippen LogP contribution is 2.36. The quantitative estimate of drug-likeness (QED) is 0.761. The van der Waals surface area contributed by atoms with Crippen molar-refractivity contribution in [2.24, 2.45) is 12.5 Å². The van der Waals surface area contributed by atoms with E-state index in [9.17, 15) is 13.2 Å². The SMILES string of the molecule is Cn1c(=O)oc2cc(S(=O)(=O)NCC3(C)Cc4ccccc4C3)ccc21. The van der Waals surface area contributed by atoms with Gasteiger partial charge in [0.05, 0.1) is 10.4 Å². The Hall–Kier alpha value is -2.38. The molecule has 0 aliphatic heterocycles. The molecule has 0 spiro atoms. The van der Waals surface area contributed by atoms with E-state index < -0.39 is 15.8 Å². The largest absolute Gasteiger partial charge is 0.419 e. The van der Waals surface area contributed by atoms with Crippen molar-refractivity contribution < 1.29 is 12.8 Å². The third kappa shape index (κ3) is 2.87. The van der Waals surface area contributed by atoms with Crippen molar-refractivity contribution in [2.75, 3.05) is 6.54 Å². The minimum atomic E-state index is -3.69. The second-order valence-corrected chi connectivity index (χ2v) is 9.08. The molecule has 0 saturated heterocycles. The second-order valence-electron chi connectivity index (χ2n) is 7.31. The molecule has 136 valence electrons. The highest BCUT2D eigenvalue weighted by atomic mass is 32.2. The van der Waals surface area contributed by atoms with Crippen LogP contribution in [0.1, 0.15) is 18.1 Å². The molecule has 1 N–H and O–H groups in total. The monoisotopic (exact) mass is 372 g/mol. The van der Waals surface area contributed by atoms with Crippen molar-refractivity contribution in [2.45, 2.75) is 24.7 Å². The Bertz CT molecular complexity index is 1130. The van der Waals surface area contributed by atoms with Gasteiger partial charge in [0.1, 0.15) is 0 Å². The maximum atomic E-state index is 12.7. The Balaban J connectivity index is 1.56. The van der Waals surface area contributed by atoms with E-state index in [0.29, 0.717) is 12.1 Å². The highest BCUT2D eigenvalue weighted by Gasteiger charge is 2.33. The van der Waals surface area contributed by atoms with E-state index >= 15 is 0 Å². The number of benzene rings is 2. The lowest BCUT2D eigenvalue weighted by Crippen LogP contribution is -2.36. The Kier molecular flexibility index (Phi) is 3.82. The van der Waals surface area contributed by atoms with Crippen molar-refractivity contribution in [3.63, 3.8) is 0 Å². The molecule has 0 bridgehead atoms. The number of aryl methyl sites for hydroxylation is 1. The molecule has 1 aliphatic carbocycles. The van der Waals surface area contributed by atoms with Gasteiger partial charge in [-0.15, -0.1) is 0 Å². The van der Waals surface area contributed by atoms with Crippen LogP contribution in [0, 0.1) is 5.41 Å². The zero-order chi connectivity index (χ0) is 18.5. The third-order valence-corrected chi connectivity index (χ3v) is 6.51. The Labute approximate surface area is 151 Å². The van der Waals surface area contributed by atoms with Gasteiger partial charge in [-0.25, -0.2) is 17.9 Å². The van der Waals surface area contributed by atoms with Gasteiger partial charge in [0.15, 0.2) is 5.58 Å². The number of sulfonamides is 1. The summed E-state index contributed by atoms with van der Waals surface area (Å²) in [5.41, 5.74) is 3.23. The second kappa shape index (κ2) is 5.82. The standard InChI is InChI=1S/C19H20N2O4S/c1-19(10-13-5-3-4-6-14(13)11-19)12-20-26(23,24)15-7-8-16-17(9-15)25-18(22)21(16)2/h3-9,20H,10-12H2,1-2H3. The number of oxazole rings is 1. The van der Waals surface area contributed by atoms with Gasteiger partial charge in [0.2, 0.25) is 10.0 Å². The first-order valence-electron chi connectivity index (χ1n) is 8.44. The number of rotatable bonds is 4. The van der Waals surface area contributed by atoms with Gasteiger partial charge in [-0.05, 0) is 41.5 Å². The summed E-state index contributed by atoms with van der Waals surface area (Å²) in [5, 5.41) is 0. The predicted molar refractivity (Wildman–Crippen MR) is 98.6 cm³/mol. The fourth-order valence-electron chi connectivity index (χ4n) is 3.64. The molecular formula is C19H20N2O4S. The number of nitrogens with zero attached hydrogens (tertiary/aromatic N) is 1. The van der Waals surface area contributed by atoms with Crippen LogP contribution >= 0.6 is 0 Å². The lowest BCUT2D eigenvalue weighted by Gasteiger charge is -2.23. The Morgan fingerprint density at radius 3 is 2.46 bits per heavy atom. The Morgan fingerprint density at radius 1 is 1.15 bits per heavy atom. The van der Waals surface area contributed by atoms with E-state index in [0.717, 1.165) is 12.8 Å². The summed E-state index contributed by atoms with van der Waals surface area (Å²) in [6.07, 6.45) is 1.69. The zero-order valence-corrected chi connectivity index (χ0v) is 15.5. The summed E-state index contributed by atoms with van der Waals surface area (Å²) in [6, 6.07) is 12.7. The fraction of sp³-hybridized carbons (Fsp3) is 0.316. The molecule has 6 nitrogen and oxygen atoms in total. The van der Waals surface area contributed by atoms with Gasteiger partial charge in [-0.3, -0.25) is 4.57 Å². The molecule has 3 aromatic rings. The number of hydrogen-bond donors (Lipinski definition) is 1. The van der Waals surface area contributed by atoms with Gasteiger partial charge in [0.25, 0.3) is 0 Å². The van der Waals surface area contributed by atoms with Crippen molar-refractivity contribution in [1.29, 1.82) is 0 Å². The average Bonchev–Trinajstić information content (AvgIpc) is 3.09. The van der Waals surface area contributed by atoms with Crippen molar-refractivity contribution in [1.82, 2.24) is 9.29 Å². The van der Waals surface area contributed by atoms with Crippen LogP contribution < -0.4 is 10.5 Å². The molecule has 26 heavy (non-hydrogen) atoms. The number of nitrogens with one attached hydrogen (secondary N) is 1. The smallest absolute Gasteiger partial charge is 0.408 e. The molecule has 0 saturated carbocycles. The molecular weight excluding hydrogens is 352 g/mol. The molecule has 0 radical (unpaired) electrons. The lowest BCUT2D eigenvalue weighted by molar-refractivity contribution is 0.345. The normalized spacial score (nSPS) is 16.1. The van der Waals surface area contributed by atoms with Crippen molar-refractivity contribution >= 4 is 21.1 Å². The molecule has 4 rings (SSSR count). The van der Waals surface area contributed by atoms with Crippen molar-refractivity contribution in [3.05, 3.63) is 64.1 Å². The van der Waals surface area contributed by atoms with Gasteiger partial charge in [-0.1, -0.05) is 31.2 Å². The van der Waals surface area contributed by atoms with Gasteiger partial charge in [-0.2, -0.15) is 0 Å². The molecule has 1 aliphatic rings. The van der Waals surface area contributed by atoms with Gasteiger partial charge in [0, 0.05) is 19.7 Å². The van der Waals surface area contributed by atoms with E-state index in [-0.39, 0.29) is 15.9 Å². The van der Waals surface area contributed by atoms with Gasteiger partial charge >= 0.3 is 5.76 Å². The number of aromatic nitrogens is 1. The molecule has 0 atom stereocenters. The minimum Gasteiger partial charge on any atom is -0.408 e. The molecule has 0 fully saturated rings. The van der Waals surface area contributed by atoms with Crippen LogP contribution in [-0.2, 0) is 29.9 Å². The van der Waals surface area contributed by atoms with Crippen LogP contribution in [0.4, 0.5) is 0 Å². The lowest BCUT2D eigenvalue weighted by atomic mass is 9.88. The summed E-state index contributed by atoms with van der Waals surface area (Å²) in [7, 11) is -2.11. The van der Waals surface area contributed by atoms with E-state index in [1.807, 2.05) is 12.1 Å². The number of fused-ring (bicyclic) bond motifs is 2. The Morgan fingerprint density at radius 2 is 1.81 bits per heavy atom. The van der Waals surface area contributed by atoms with E-state index in [4.69, 9.17) is 4.42 Å². The fourth-order valence-corrected chi connectivity index (χ4v) is 4.86. The highest BCUT2D eigenvalue weighted by molar-refractivity contribution is 7.89. The van der Waals surface area contributed by atoms with E-state index in [2.05, 4.69) is 23.8 Å². The molecule has 1 aromatic heterocycles. The summed E-state index contributed by atoms with van der Waals surface area (Å²) in [5.74, 6) is -0.515. The van der Waals surface area contributed by atoms with E-state index in [1.54, 1.807) is 13.1 Å². The molecule has 7 heteroatoms. The van der Waals surface area contributed by atoms with Crippen molar-refractivity contribution in [3.8, 4) is 0 Å². The summed E-state index contributed by atoms with van der Waals surface area (Å²) < 4.78 is 34.6. The van der Waals surface area contributed by atoms with Crippen LogP contribution in [0.15, 0.2) is 56.6 Å². The first kappa shape index (κ1) is 17.1. The number of hydrogen-bond acceptors (Lipinski definition) is 4.